The van der Waals surface area contributed by atoms with E-state index in [9.17, 15) is 17.6 Å². The molecule has 1 spiro atoms. The zero-order chi connectivity index (χ0) is 18.2. The lowest BCUT2D eigenvalue weighted by Gasteiger charge is -2.24. The summed E-state index contributed by atoms with van der Waals surface area (Å²) in [6.45, 7) is 3.69. The van der Waals surface area contributed by atoms with Crippen LogP contribution < -0.4 is 0 Å². The topological polar surface area (TPSA) is 66.9 Å². The number of methoxy groups -OCH3 is 1. The third-order valence-corrected chi connectivity index (χ3v) is 7.24. The van der Waals surface area contributed by atoms with Gasteiger partial charge in [-0.3, -0.25) is 4.79 Å². The van der Waals surface area contributed by atoms with E-state index in [2.05, 4.69) is 0 Å². The van der Waals surface area contributed by atoms with E-state index in [4.69, 9.17) is 4.74 Å². The first-order valence-corrected chi connectivity index (χ1v) is 9.79. The van der Waals surface area contributed by atoms with Crippen LogP contribution in [0.5, 0.6) is 0 Å². The van der Waals surface area contributed by atoms with Crippen LogP contribution in [0.1, 0.15) is 18.4 Å². The number of aryl methyl sites for hydroxylation is 1. The Morgan fingerprint density at radius 1 is 1.28 bits per heavy atom. The third-order valence-electron chi connectivity index (χ3n) is 5.25. The van der Waals surface area contributed by atoms with Crippen LogP contribution in [-0.2, 0) is 19.6 Å². The molecule has 1 aromatic rings. The molecule has 2 saturated heterocycles. The summed E-state index contributed by atoms with van der Waals surface area (Å²) in [6, 6.07) is 3.76. The largest absolute Gasteiger partial charge is 0.383 e. The van der Waals surface area contributed by atoms with Crippen molar-refractivity contribution >= 4 is 15.9 Å². The van der Waals surface area contributed by atoms with E-state index in [1.807, 2.05) is 0 Å². The van der Waals surface area contributed by atoms with Gasteiger partial charge >= 0.3 is 0 Å². The summed E-state index contributed by atoms with van der Waals surface area (Å²) in [6.07, 6.45) is 1.15. The molecule has 138 valence electrons. The van der Waals surface area contributed by atoms with Crippen molar-refractivity contribution < 1.29 is 22.3 Å². The van der Waals surface area contributed by atoms with Gasteiger partial charge in [-0.05, 0) is 37.5 Å². The number of benzene rings is 1. The molecular formula is C17H23FN2O4S. The Morgan fingerprint density at radius 2 is 2.00 bits per heavy atom. The van der Waals surface area contributed by atoms with Gasteiger partial charge in [0.2, 0.25) is 15.9 Å². The van der Waals surface area contributed by atoms with E-state index in [0.717, 1.165) is 6.07 Å². The normalized spacial score (nSPS) is 24.6. The monoisotopic (exact) mass is 370 g/mol. The molecule has 0 saturated carbocycles. The fourth-order valence-electron chi connectivity index (χ4n) is 3.72. The average Bonchev–Trinajstić information content (AvgIpc) is 3.15. The average molecular weight is 370 g/mol. The number of carbonyl (C=O) groups excluding carboxylic acids is 1. The molecule has 0 N–H and O–H groups in total. The number of hydrogen-bond acceptors (Lipinski definition) is 4. The van der Waals surface area contributed by atoms with Gasteiger partial charge < -0.3 is 9.64 Å². The SMILES string of the molecule is COCCN1CCC2(CCN(S(=O)(=O)c3cc(F)ccc3C)C2)C1=O. The van der Waals surface area contributed by atoms with E-state index < -0.39 is 21.3 Å². The van der Waals surface area contributed by atoms with Crippen LogP contribution in [0.15, 0.2) is 23.1 Å². The van der Waals surface area contributed by atoms with Crippen LogP contribution in [0.3, 0.4) is 0 Å². The first kappa shape index (κ1) is 18.3. The number of hydrogen-bond donors (Lipinski definition) is 0. The first-order valence-electron chi connectivity index (χ1n) is 8.35. The number of likely N-dealkylation sites (tertiary alicyclic amines) is 1. The van der Waals surface area contributed by atoms with E-state index in [1.165, 1.54) is 16.4 Å². The standard InChI is InChI=1S/C17H23FN2O4S/c1-13-3-4-14(18)11-15(13)25(22,23)20-8-6-17(12-20)5-7-19(16(17)21)9-10-24-2/h3-4,11H,5-10,12H2,1-2H3. The second-order valence-corrected chi connectivity index (χ2v) is 8.72. The van der Waals surface area contributed by atoms with Crippen LogP contribution in [0, 0.1) is 18.2 Å². The van der Waals surface area contributed by atoms with Crippen molar-refractivity contribution in [3.63, 3.8) is 0 Å². The highest BCUT2D eigenvalue weighted by Gasteiger charge is 2.52. The maximum Gasteiger partial charge on any atom is 0.243 e. The van der Waals surface area contributed by atoms with Crippen LogP contribution in [0.2, 0.25) is 0 Å². The van der Waals surface area contributed by atoms with Gasteiger partial charge in [0.05, 0.1) is 16.9 Å². The Balaban J connectivity index is 1.81. The number of sulfonamides is 1. The van der Waals surface area contributed by atoms with Crippen LogP contribution in [0.4, 0.5) is 4.39 Å². The molecular weight excluding hydrogens is 347 g/mol. The molecule has 2 aliphatic heterocycles. The smallest absolute Gasteiger partial charge is 0.243 e. The number of nitrogens with zero attached hydrogens (tertiary/aromatic N) is 2. The van der Waals surface area contributed by atoms with E-state index in [0.29, 0.717) is 38.1 Å². The minimum absolute atomic E-state index is 0.00165. The molecule has 6 nitrogen and oxygen atoms in total. The highest BCUT2D eigenvalue weighted by molar-refractivity contribution is 7.89. The predicted octanol–water partition coefficient (Wildman–Crippen LogP) is 1.39. The summed E-state index contributed by atoms with van der Waals surface area (Å²) in [5, 5.41) is 0. The second kappa shape index (κ2) is 6.66. The lowest BCUT2D eigenvalue weighted by atomic mass is 9.86. The number of halogens is 1. The molecule has 0 aromatic heterocycles. The third kappa shape index (κ3) is 3.18. The van der Waals surface area contributed by atoms with Crippen LogP contribution >= 0.6 is 0 Å². The molecule has 0 radical (unpaired) electrons. The molecule has 2 heterocycles. The Kier molecular flexibility index (Phi) is 4.87. The molecule has 8 heteroatoms. The summed E-state index contributed by atoms with van der Waals surface area (Å²) < 4.78 is 45.7. The maximum atomic E-state index is 13.5. The van der Waals surface area contributed by atoms with Gasteiger partial charge in [-0.1, -0.05) is 6.07 Å². The molecule has 2 fully saturated rings. The van der Waals surface area contributed by atoms with Gasteiger partial charge in [0.25, 0.3) is 0 Å². The van der Waals surface area contributed by atoms with Crippen LogP contribution in [0.25, 0.3) is 0 Å². The van der Waals surface area contributed by atoms with E-state index in [1.54, 1.807) is 18.9 Å². The number of amides is 1. The fraction of sp³-hybridized carbons (Fsp3) is 0.588. The van der Waals surface area contributed by atoms with Crippen LogP contribution in [-0.4, -0.2) is 63.4 Å². The summed E-state index contributed by atoms with van der Waals surface area (Å²) in [5.74, 6) is -0.584. The highest BCUT2D eigenvalue weighted by atomic mass is 32.2. The summed E-state index contributed by atoms with van der Waals surface area (Å²) in [4.78, 5) is 14.5. The minimum atomic E-state index is -3.82. The van der Waals surface area contributed by atoms with Crippen molar-refractivity contribution in [3.8, 4) is 0 Å². The molecule has 0 aliphatic carbocycles. The van der Waals surface area contributed by atoms with E-state index in [-0.39, 0.29) is 23.9 Å². The quantitative estimate of drug-likeness (QED) is 0.786. The molecule has 1 unspecified atom stereocenters. The Morgan fingerprint density at radius 3 is 2.72 bits per heavy atom. The second-order valence-electron chi connectivity index (χ2n) is 6.81. The zero-order valence-electron chi connectivity index (χ0n) is 14.5. The van der Waals surface area contributed by atoms with Gasteiger partial charge in [-0.2, -0.15) is 4.31 Å². The van der Waals surface area contributed by atoms with Gasteiger partial charge in [0.1, 0.15) is 5.82 Å². The maximum absolute atomic E-state index is 13.5. The van der Waals surface area contributed by atoms with Crippen molar-refractivity contribution in [2.24, 2.45) is 5.41 Å². The molecule has 25 heavy (non-hydrogen) atoms. The van der Waals surface area contributed by atoms with Crippen molar-refractivity contribution in [1.29, 1.82) is 0 Å². The molecule has 1 amide bonds. The highest BCUT2D eigenvalue weighted by Crippen LogP contribution is 2.42. The van der Waals surface area contributed by atoms with Gasteiger partial charge in [-0.15, -0.1) is 0 Å². The van der Waals surface area contributed by atoms with Crippen molar-refractivity contribution in [2.75, 3.05) is 39.9 Å². The van der Waals surface area contributed by atoms with E-state index >= 15 is 0 Å². The number of carbonyl (C=O) groups is 1. The van der Waals surface area contributed by atoms with Crippen molar-refractivity contribution in [1.82, 2.24) is 9.21 Å². The number of rotatable bonds is 5. The minimum Gasteiger partial charge on any atom is -0.383 e. The lowest BCUT2D eigenvalue weighted by Crippen LogP contribution is -2.39. The molecule has 1 aromatic carbocycles. The van der Waals surface area contributed by atoms with Gasteiger partial charge in [0.15, 0.2) is 0 Å². The lowest BCUT2D eigenvalue weighted by molar-refractivity contribution is -0.135. The molecule has 0 bridgehead atoms. The predicted molar refractivity (Wildman–Crippen MR) is 90.0 cm³/mol. The van der Waals surface area contributed by atoms with Crippen molar-refractivity contribution in [2.45, 2.75) is 24.7 Å². The van der Waals surface area contributed by atoms with Crippen molar-refractivity contribution in [3.05, 3.63) is 29.6 Å². The Bertz CT molecular complexity index is 783. The fourth-order valence-corrected chi connectivity index (χ4v) is 5.48. The summed E-state index contributed by atoms with van der Waals surface area (Å²) in [7, 11) is -2.23. The molecule has 1 atom stereocenters. The molecule has 3 rings (SSSR count). The molecule has 2 aliphatic rings. The van der Waals surface area contributed by atoms with Gasteiger partial charge in [0, 0.05) is 33.3 Å². The van der Waals surface area contributed by atoms with Gasteiger partial charge in [-0.25, -0.2) is 12.8 Å². The first-order chi connectivity index (χ1) is 11.8. The Labute approximate surface area is 147 Å². The summed E-state index contributed by atoms with van der Waals surface area (Å²) in [5.41, 5.74) is -0.149. The number of ether oxygens (including phenoxy) is 1. The summed E-state index contributed by atoms with van der Waals surface area (Å²) >= 11 is 0. The Hall–Kier alpha value is -1.51. The zero-order valence-corrected chi connectivity index (χ0v) is 15.3.